The molecule has 78 heavy (non-hydrogen) atoms. The van der Waals surface area contributed by atoms with Gasteiger partial charge in [0, 0.05) is 81.5 Å². The molecule has 0 N–H and O–H groups in total. The van der Waals surface area contributed by atoms with Crippen molar-refractivity contribution in [3.8, 4) is 0 Å². The highest BCUT2D eigenvalue weighted by atomic mass is 32.3. The highest BCUT2D eigenvalue weighted by molar-refractivity contribution is 8.34. The van der Waals surface area contributed by atoms with Gasteiger partial charge >= 0.3 is 0 Å². The number of para-hydroxylation sites is 4. The molecular formula is C72H60BN3OS. The highest BCUT2D eigenvalue weighted by Gasteiger charge is 2.45. The molecule has 11 aromatic carbocycles. The Morgan fingerprint density at radius 1 is 0.372 bits per heavy atom. The summed E-state index contributed by atoms with van der Waals surface area (Å²) >= 11 is 0. The summed E-state index contributed by atoms with van der Waals surface area (Å²) in [5.74, 6) is 0. The second-order valence-corrected chi connectivity index (χ2v) is 24.0. The number of fused-ring (bicyclic) bond motifs is 7. The minimum Gasteiger partial charge on any atom is -0.456 e. The van der Waals surface area contributed by atoms with E-state index >= 15 is 0 Å². The Labute approximate surface area is 460 Å². The third kappa shape index (κ3) is 8.01. The third-order valence-electron chi connectivity index (χ3n) is 15.5. The first-order valence-corrected chi connectivity index (χ1v) is 28.9. The summed E-state index contributed by atoms with van der Waals surface area (Å²) in [6, 6.07) is 101. The van der Waals surface area contributed by atoms with E-state index < -0.39 is 10.0 Å². The first kappa shape index (κ1) is 48.7. The lowest BCUT2D eigenvalue weighted by Gasteiger charge is -2.47. The highest BCUT2D eigenvalue weighted by Crippen LogP contribution is 2.74. The largest absolute Gasteiger partial charge is 0.456 e. The van der Waals surface area contributed by atoms with Crippen LogP contribution in [0, 0.1) is 0 Å². The van der Waals surface area contributed by atoms with Crippen molar-refractivity contribution in [3.05, 3.63) is 279 Å². The van der Waals surface area contributed by atoms with Crippen LogP contribution in [0.25, 0.3) is 21.9 Å². The molecule has 0 amide bonds. The number of hydrogen-bond donors (Lipinski definition) is 0. The molecule has 0 fully saturated rings. The Balaban J connectivity index is 0.00000286. The average Bonchev–Trinajstić information content (AvgIpc) is 4.01. The molecule has 2 aliphatic heterocycles. The molecule has 0 atom stereocenters. The van der Waals surface area contributed by atoms with Crippen molar-refractivity contribution in [3.63, 3.8) is 0 Å². The fourth-order valence-corrected chi connectivity index (χ4v) is 15.9. The Morgan fingerprint density at radius 2 is 0.821 bits per heavy atom. The molecule has 12 aromatic rings. The fourth-order valence-electron chi connectivity index (χ4n) is 12.0. The summed E-state index contributed by atoms with van der Waals surface area (Å²) in [4.78, 5) is 12.6. The van der Waals surface area contributed by atoms with Crippen LogP contribution in [0.1, 0.15) is 40.2 Å². The lowest BCUT2D eigenvalue weighted by Crippen LogP contribution is -2.61. The van der Waals surface area contributed by atoms with Gasteiger partial charge < -0.3 is 19.1 Å². The van der Waals surface area contributed by atoms with Crippen LogP contribution in [0.4, 0.5) is 51.2 Å². The molecule has 0 radical (unpaired) electrons. The van der Waals surface area contributed by atoms with E-state index in [4.69, 9.17) is 4.42 Å². The second kappa shape index (κ2) is 19.9. The number of anilines is 9. The maximum Gasteiger partial charge on any atom is 0.252 e. The van der Waals surface area contributed by atoms with Crippen LogP contribution < -0.4 is 31.1 Å². The van der Waals surface area contributed by atoms with Crippen LogP contribution in [0.2, 0.25) is 0 Å². The summed E-state index contributed by atoms with van der Waals surface area (Å²) in [6.07, 6.45) is 0. The Morgan fingerprint density at radius 3 is 1.40 bits per heavy atom. The maximum atomic E-state index is 6.42. The summed E-state index contributed by atoms with van der Waals surface area (Å²) in [5.41, 5.74) is 16.9. The van der Waals surface area contributed by atoms with E-state index in [0.717, 1.165) is 61.8 Å². The quantitative estimate of drug-likeness (QED) is 0.134. The fraction of sp³-hybridized carbons (Fsp3) is 0.0833. The smallest absolute Gasteiger partial charge is 0.252 e. The van der Waals surface area contributed by atoms with Crippen molar-refractivity contribution in [2.24, 2.45) is 0 Å². The first-order chi connectivity index (χ1) is 38.3. The van der Waals surface area contributed by atoms with Crippen molar-refractivity contribution >= 4 is 106 Å². The molecule has 6 heteroatoms. The Hall–Kier alpha value is -8.97. The van der Waals surface area contributed by atoms with Gasteiger partial charge in [0.05, 0.1) is 0 Å². The first-order valence-electron chi connectivity index (χ1n) is 27.3. The van der Waals surface area contributed by atoms with Crippen LogP contribution >= 0.6 is 10.0 Å². The van der Waals surface area contributed by atoms with Gasteiger partial charge in [-0.2, -0.15) is 0 Å². The van der Waals surface area contributed by atoms with Gasteiger partial charge in [-0.1, -0.05) is 180 Å². The minimum atomic E-state index is -2.14. The maximum absolute atomic E-state index is 6.42. The number of hydrogen-bond acceptors (Lipinski definition) is 4. The molecular weight excluding hydrogens is 966 g/mol. The summed E-state index contributed by atoms with van der Waals surface area (Å²) in [6.45, 7) is 10.8. The van der Waals surface area contributed by atoms with Crippen molar-refractivity contribution in [2.45, 2.75) is 59.6 Å². The van der Waals surface area contributed by atoms with Crippen molar-refractivity contribution in [2.75, 3.05) is 14.7 Å². The number of benzene rings is 11. The van der Waals surface area contributed by atoms with E-state index in [1.54, 1.807) is 0 Å². The van der Waals surface area contributed by atoms with Crippen LogP contribution in [-0.4, -0.2) is 6.71 Å². The Kier molecular flexibility index (Phi) is 12.4. The lowest BCUT2D eigenvalue weighted by atomic mass is 9.33. The average molecular weight is 1030 g/mol. The number of nitrogens with zero attached hydrogens (tertiary/aromatic N) is 3. The molecule has 0 saturated heterocycles. The van der Waals surface area contributed by atoms with E-state index in [-0.39, 0.29) is 12.1 Å². The molecule has 3 heterocycles. The molecule has 0 saturated carbocycles. The van der Waals surface area contributed by atoms with Crippen LogP contribution in [0.3, 0.4) is 0 Å². The number of rotatable bonds is 9. The van der Waals surface area contributed by atoms with E-state index in [1.165, 1.54) is 52.9 Å². The molecule has 0 spiro atoms. The van der Waals surface area contributed by atoms with Gasteiger partial charge in [-0.05, 0) is 155 Å². The molecule has 1 aromatic heterocycles. The minimum absolute atomic E-state index is 0.00169. The zero-order valence-corrected chi connectivity index (χ0v) is 45.5. The monoisotopic (exact) mass is 1030 g/mol. The van der Waals surface area contributed by atoms with Gasteiger partial charge in [-0.15, -0.1) is 10.0 Å². The van der Waals surface area contributed by atoms with Gasteiger partial charge in [-0.3, -0.25) is 0 Å². The SMILES string of the molecule is CC.CC(C)(C)c1ccc(N(c2ccc3c(c2)N(c2ccccc2)c2cc(S(c4ccccc4)(c4ccccc4)c4ccccc4)cc4c2B3c2ccccc2N4c2ccccc2)c2ccc3oc4ccccc4c3c2)cc1. The van der Waals surface area contributed by atoms with E-state index in [2.05, 4.69) is 302 Å². The van der Waals surface area contributed by atoms with Gasteiger partial charge in [-0.25, -0.2) is 0 Å². The molecule has 0 aliphatic carbocycles. The molecule has 14 rings (SSSR count). The zero-order chi connectivity index (χ0) is 53.0. The predicted octanol–water partition coefficient (Wildman–Crippen LogP) is 18.8. The molecule has 0 unspecified atom stereocenters. The normalized spacial score (nSPS) is 12.8. The summed E-state index contributed by atoms with van der Waals surface area (Å²) < 4.78 is 6.42. The van der Waals surface area contributed by atoms with Crippen molar-refractivity contribution in [1.29, 1.82) is 0 Å². The second-order valence-electron chi connectivity index (χ2n) is 20.9. The van der Waals surface area contributed by atoms with E-state index in [0.29, 0.717) is 0 Å². The molecule has 4 nitrogen and oxygen atoms in total. The van der Waals surface area contributed by atoms with Gasteiger partial charge in [0.2, 0.25) is 0 Å². The topological polar surface area (TPSA) is 22.9 Å². The summed E-state index contributed by atoms with van der Waals surface area (Å²) in [7, 11) is -2.14. The number of furan rings is 1. The summed E-state index contributed by atoms with van der Waals surface area (Å²) in [5, 5.41) is 2.19. The molecule has 2 aliphatic rings. The van der Waals surface area contributed by atoms with E-state index in [9.17, 15) is 0 Å². The van der Waals surface area contributed by atoms with Crippen LogP contribution in [0.5, 0.6) is 0 Å². The standard InChI is InChI=1S/C70H54BN3OS.C2H6/c1-70(2,3)49-37-39-52(40-38-49)72(53-42-44-68-60(45-53)59-33-19-22-36-67(59)75-68)54-41-43-62-64(46-54)74(51-25-11-5-12-26-51)66-48-58(47-65-69(66)71(62)61-34-20-21-35-63(61)73(65)50-23-9-4-10-24-50)76(55-27-13-6-14-28-55,56-29-15-7-16-30-56)57-31-17-8-18-32-57;1-2/h4-48H,1-3H3;1-2H3. The zero-order valence-electron chi connectivity index (χ0n) is 44.7. The lowest BCUT2D eigenvalue weighted by molar-refractivity contribution is 0.590. The Bertz CT molecular complexity index is 4010. The van der Waals surface area contributed by atoms with Gasteiger partial charge in [0.1, 0.15) is 11.2 Å². The van der Waals surface area contributed by atoms with Gasteiger partial charge in [0.15, 0.2) is 0 Å². The van der Waals surface area contributed by atoms with Crippen molar-refractivity contribution < 1.29 is 4.42 Å². The van der Waals surface area contributed by atoms with E-state index in [1.807, 2.05) is 19.9 Å². The van der Waals surface area contributed by atoms with Gasteiger partial charge in [0.25, 0.3) is 6.71 Å². The molecule has 378 valence electrons. The van der Waals surface area contributed by atoms with Crippen molar-refractivity contribution in [1.82, 2.24) is 0 Å². The molecule has 0 bridgehead atoms. The van der Waals surface area contributed by atoms with Crippen LogP contribution in [-0.2, 0) is 5.41 Å². The predicted molar refractivity (Wildman–Crippen MR) is 332 cm³/mol. The third-order valence-corrected chi connectivity index (χ3v) is 19.4. The van der Waals surface area contributed by atoms with Crippen LogP contribution in [0.15, 0.2) is 297 Å².